The van der Waals surface area contributed by atoms with E-state index in [9.17, 15) is 18.0 Å². The van der Waals surface area contributed by atoms with E-state index in [1.165, 1.54) is 24.3 Å². The number of fused-ring (bicyclic) bond motifs is 1. The van der Waals surface area contributed by atoms with Crippen LogP contribution in [0.4, 0.5) is 13.2 Å². The van der Waals surface area contributed by atoms with E-state index in [2.05, 4.69) is 0 Å². The van der Waals surface area contributed by atoms with Gasteiger partial charge in [-0.1, -0.05) is 0 Å². The molecular weight excluding hydrogens is 309 g/mol. The zero-order valence-electron chi connectivity index (χ0n) is 11.9. The summed E-state index contributed by atoms with van der Waals surface area (Å²) in [6.45, 7) is 1.67. The van der Waals surface area contributed by atoms with Crippen LogP contribution in [0.1, 0.15) is 28.4 Å². The highest BCUT2D eigenvalue weighted by molar-refractivity contribution is 5.92. The zero-order valence-corrected chi connectivity index (χ0v) is 11.9. The summed E-state index contributed by atoms with van der Waals surface area (Å²) in [5, 5.41) is 9.08. The average Bonchev–Trinajstić information content (AvgIpc) is 2.45. The third kappa shape index (κ3) is 2.67. The molecule has 1 N–H and O–H groups in total. The fraction of sp³-hybridized carbons (Fsp3) is 0.118. The van der Waals surface area contributed by atoms with Gasteiger partial charge < -0.3 is 9.84 Å². The summed E-state index contributed by atoms with van der Waals surface area (Å²) in [4.78, 5) is 11.1. The number of carbonyl (C=O) groups is 1. The number of benzene rings is 2. The fourth-order valence-corrected chi connectivity index (χ4v) is 2.55. The Morgan fingerprint density at radius 2 is 1.78 bits per heavy atom. The van der Waals surface area contributed by atoms with E-state index in [1.807, 2.05) is 0 Å². The molecule has 2 aromatic rings. The van der Waals surface area contributed by atoms with Crippen molar-refractivity contribution in [2.75, 3.05) is 0 Å². The molecule has 0 spiro atoms. The van der Waals surface area contributed by atoms with Crippen molar-refractivity contribution in [3.8, 4) is 5.75 Å². The number of halogens is 3. The van der Waals surface area contributed by atoms with Crippen molar-refractivity contribution in [2.24, 2.45) is 0 Å². The second-order valence-corrected chi connectivity index (χ2v) is 5.16. The van der Waals surface area contributed by atoms with E-state index in [1.54, 1.807) is 6.92 Å². The molecule has 1 aliphatic rings. The first kappa shape index (κ1) is 15.1. The van der Waals surface area contributed by atoms with Crippen molar-refractivity contribution >= 4 is 11.5 Å². The maximum absolute atomic E-state index is 14.1. The van der Waals surface area contributed by atoms with Gasteiger partial charge in [-0.25, -0.2) is 18.0 Å². The van der Waals surface area contributed by atoms with Crippen LogP contribution < -0.4 is 4.74 Å². The van der Waals surface area contributed by atoms with Crippen LogP contribution in [0.3, 0.4) is 0 Å². The molecule has 0 radical (unpaired) electrons. The van der Waals surface area contributed by atoms with Crippen LogP contribution in [0.25, 0.3) is 5.57 Å². The number of carboxylic acid groups (broad SMARTS) is 1. The molecule has 0 saturated heterocycles. The quantitative estimate of drug-likeness (QED) is 0.909. The number of rotatable bonds is 2. The number of carboxylic acids is 1. The summed E-state index contributed by atoms with van der Waals surface area (Å²) < 4.78 is 46.8. The molecular formula is C17H11F3O3. The SMILES string of the molecule is C[C@@H]1C=C(c2c(F)cc(F)cc2F)c2cc(C(=O)O)ccc2O1. The largest absolute Gasteiger partial charge is 0.486 e. The first-order chi connectivity index (χ1) is 10.9. The monoisotopic (exact) mass is 320 g/mol. The Hall–Kier alpha value is -2.76. The summed E-state index contributed by atoms with van der Waals surface area (Å²) in [6.07, 6.45) is 0.991. The smallest absolute Gasteiger partial charge is 0.335 e. The Morgan fingerprint density at radius 1 is 1.13 bits per heavy atom. The van der Waals surface area contributed by atoms with Crippen molar-refractivity contribution < 1.29 is 27.8 Å². The van der Waals surface area contributed by atoms with E-state index >= 15 is 0 Å². The van der Waals surface area contributed by atoms with Crippen molar-refractivity contribution in [1.29, 1.82) is 0 Å². The van der Waals surface area contributed by atoms with Crippen molar-refractivity contribution in [1.82, 2.24) is 0 Å². The van der Waals surface area contributed by atoms with Crippen molar-refractivity contribution in [2.45, 2.75) is 13.0 Å². The molecule has 23 heavy (non-hydrogen) atoms. The maximum Gasteiger partial charge on any atom is 0.335 e. The molecule has 0 bridgehead atoms. The van der Waals surface area contributed by atoms with E-state index in [4.69, 9.17) is 9.84 Å². The van der Waals surface area contributed by atoms with Gasteiger partial charge in [0.2, 0.25) is 0 Å². The molecule has 6 heteroatoms. The third-order valence-electron chi connectivity index (χ3n) is 3.51. The van der Waals surface area contributed by atoms with Gasteiger partial charge in [-0.05, 0) is 36.8 Å². The van der Waals surface area contributed by atoms with Gasteiger partial charge in [0, 0.05) is 17.7 Å². The molecule has 1 aliphatic heterocycles. The molecule has 0 fully saturated rings. The molecule has 0 saturated carbocycles. The first-order valence-corrected chi connectivity index (χ1v) is 6.78. The highest BCUT2D eigenvalue weighted by Gasteiger charge is 2.25. The number of aromatic carboxylic acids is 1. The fourth-order valence-electron chi connectivity index (χ4n) is 2.55. The molecule has 2 aromatic carbocycles. The lowest BCUT2D eigenvalue weighted by Gasteiger charge is -2.24. The second-order valence-electron chi connectivity index (χ2n) is 5.16. The van der Waals surface area contributed by atoms with Gasteiger partial charge in [-0.15, -0.1) is 0 Å². The average molecular weight is 320 g/mol. The van der Waals surface area contributed by atoms with Crippen LogP contribution in [0.5, 0.6) is 5.75 Å². The number of hydrogen-bond acceptors (Lipinski definition) is 2. The maximum atomic E-state index is 14.1. The molecule has 3 rings (SSSR count). The van der Waals surface area contributed by atoms with E-state index in [0.29, 0.717) is 17.9 Å². The Kier molecular flexibility index (Phi) is 3.60. The molecule has 3 nitrogen and oxygen atoms in total. The van der Waals surface area contributed by atoms with Crippen LogP contribution >= 0.6 is 0 Å². The normalized spacial score (nSPS) is 16.3. The van der Waals surface area contributed by atoms with E-state index < -0.39 is 35.1 Å². The molecule has 118 valence electrons. The van der Waals surface area contributed by atoms with E-state index in [-0.39, 0.29) is 16.7 Å². The molecule has 1 atom stereocenters. The lowest BCUT2D eigenvalue weighted by molar-refractivity contribution is 0.0697. The first-order valence-electron chi connectivity index (χ1n) is 6.78. The molecule has 1 heterocycles. The number of ether oxygens (including phenoxy) is 1. The number of hydrogen-bond donors (Lipinski definition) is 1. The molecule has 0 unspecified atom stereocenters. The minimum Gasteiger partial charge on any atom is -0.486 e. The Labute approximate surface area is 129 Å². The second kappa shape index (κ2) is 5.46. The standard InChI is InChI=1S/C17H11F3O3/c1-8-4-12(16-13(19)6-10(18)7-14(16)20)11-5-9(17(21)22)2-3-15(11)23-8/h2-8H,1H3,(H,21,22)/t8-/m1/s1. The highest BCUT2D eigenvalue weighted by atomic mass is 19.1. The Morgan fingerprint density at radius 3 is 2.39 bits per heavy atom. The third-order valence-corrected chi connectivity index (χ3v) is 3.51. The summed E-state index contributed by atoms with van der Waals surface area (Å²) >= 11 is 0. The summed E-state index contributed by atoms with van der Waals surface area (Å²) in [5.41, 5.74) is -0.0784. The Balaban J connectivity index is 2.25. The minimum atomic E-state index is -1.18. The molecule has 0 amide bonds. The zero-order chi connectivity index (χ0) is 16.7. The van der Waals surface area contributed by atoms with Crippen LogP contribution in [0.15, 0.2) is 36.4 Å². The highest BCUT2D eigenvalue weighted by Crippen LogP contribution is 2.38. The summed E-state index contributed by atoms with van der Waals surface area (Å²) in [5.74, 6) is -4.01. The summed E-state index contributed by atoms with van der Waals surface area (Å²) in [7, 11) is 0. The van der Waals surface area contributed by atoms with E-state index in [0.717, 1.165) is 0 Å². The predicted octanol–water partition coefficient (Wildman–Crippen LogP) is 4.01. The molecule has 0 aliphatic carbocycles. The molecule has 0 aromatic heterocycles. The lowest BCUT2D eigenvalue weighted by atomic mass is 9.92. The minimum absolute atomic E-state index is 0.0456. The van der Waals surface area contributed by atoms with Crippen molar-refractivity contribution in [3.63, 3.8) is 0 Å². The predicted molar refractivity (Wildman–Crippen MR) is 76.9 cm³/mol. The van der Waals surface area contributed by atoms with Gasteiger partial charge in [-0.3, -0.25) is 0 Å². The van der Waals surface area contributed by atoms with Gasteiger partial charge in [0.1, 0.15) is 29.3 Å². The topological polar surface area (TPSA) is 46.5 Å². The van der Waals surface area contributed by atoms with Gasteiger partial charge in [0.15, 0.2) is 0 Å². The van der Waals surface area contributed by atoms with Gasteiger partial charge in [0.25, 0.3) is 0 Å². The van der Waals surface area contributed by atoms with Crippen LogP contribution in [0, 0.1) is 17.5 Å². The lowest BCUT2D eigenvalue weighted by Crippen LogP contribution is -2.17. The van der Waals surface area contributed by atoms with Gasteiger partial charge in [-0.2, -0.15) is 0 Å². The van der Waals surface area contributed by atoms with Gasteiger partial charge >= 0.3 is 5.97 Å². The summed E-state index contributed by atoms with van der Waals surface area (Å²) in [6, 6.07) is 5.22. The van der Waals surface area contributed by atoms with Crippen LogP contribution in [0.2, 0.25) is 0 Å². The van der Waals surface area contributed by atoms with Crippen LogP contribution in [-0.4, -0.2) is 17.2 Å². The van der Waals surface area contributed by atoms with Gasteiger partial charge in [0.05, 0.1) is 11.1 Å². The van der Waals surface area contributed by atoms with Crippen LogP contribution in [-0.2, 0) is 0 Å². The van der Waals surface area contributed by atoms with Crippen molar-refractivity contribution in [3.05, 3.63) is 70.5 Å². The Bertz CT molecular complexity index is 820.